The van der Waals surface area contributed by atoms with Gasteiger partial charge in [-0.05, 0) is 26.0 Å². The molecule has 8 heteroatoms. The highest BCUT2D eigenvalue weighted by molar-refractivity contribution is 5.97. The molecule has 1 rings (SSSR count). The standard InChI is InChI=1S/C16H23N3O5/c1-10(2)18-14(20)8-15(21)19-17-9-11-6-12(22-3)16(24-5)13(7-11)23-4/h6-7,9-10H,8H2,1-5H3,(H,18,20)(H,19,21). The number of carbonyl (C=O) groups excluding carboxylic acids is 2. The number of hydrogen-bond donors (Lipinski definition) is 2. The van der Waals surface area contributed by atoms with Crippen molar-refractivity contribution in [3.8, 4) is 17.2 Å². The van der Waals surface area contributed by atoms with Crippen molar-refractivity contribution in [3.05, 3.63) is 17.7 Å². The topological polar surface area (TPSA) is 98.2 Å². The molecule has 0 aliphatic rings. The minimum Gasteiger partial charge on any atom is -0.493 e. The first-order valence-corrected chi connectivity index (χ1v) is 7.32. The molecule has 2 N–H and O–H groups in total. The maximum atomic E-state index is 11.6. The lowest BCUT2D eigenvalue weighted by atomic mass is 10.2. The molecule has 0 unspecified atom stereocenters. The van der Waals surface area contributed by atoms with Crippen molar-refractivity contribution in [1.29, 1.82) is 0 Å². The third-order valence-electron chi connectivity index (χ3n) is 2.86. The number of rotatable bonds is 8. The van der Waals surface area contributed by atoms with Gasteiger partial charge in [0.25, 0.3) is 0 Å². The molecule has 132 valence electrons. The van der Waals surface area contributed by atoms with Crippen LogP contribution in [0.4, 0.5) is 0 Å². The number of carbonyl (C=O) groups is 2. The Labute approximate surface area is 141 Å². The number of hydrazone groups is 1. The van der Waals surface area contributed by atoms with E-state index < -0.39 is 5.91 Å². The van der Waals surface area contributed by atoms with Crippen LogP contribution < -0.4 is 25.0 Å². The Morgan fingerprint density at radius 1 is 1.08 bits per heavy atom. The third-order valence-corrected chi connectivity index (χ3v) is 2.86. The predicted octanol–water partition coefficient (Wildman–Crippen LogP) is 1.08. The second kappa shape index (κ2) is 9.39. The Morgan fingerprint density at radius 2 is 1.67 bits per heavy atom. The lowest BCUT2D eigenvalue weighted by molar-refractivity contribution is -0.129. The van der Waals surface area contributed by atoms with Crippen LogP contribution in [0.25, 0.3) is 0 Å². The molecule has 0 saturated heterocycles. The lowest BCUT2D eigenvalue weighted by Gasteiger charge is -2.12. The summed E-state index contributed by atoms with van der Waals surface area (Å²) in [5, 5.41) is 6.45. The molecular weight excluding hydrogens is 314 g/mol. The van der Waals surface area contributed by atoms with E-state index >= 15 is 0 Å². The Morgan fingerprint density at radius 3 is 2.12 bits per heavy atom. The molecule has 0 atom stereocenters. The number of nitrogens with zero attached hydrogens (tertiary/aromatic N) is 1. The summed E-state index contributed by atoms with van der Waals surface area (Å²) in [6, 6.07) is 3.35. The maximum absolute atomic E-state index is 11.6. The van der Waals surface area contributed by atoms with Gasteiger partial charge < -0.3 is 19.5 Å². The Kier molecular flexibility index (Phi) is 7.54. The van der Waals surface area contributed by atoms with Crippen molar-refractivity contribution in [2.75, 3.05) is 21.3 Å². The van der Waals surface area contributed by atoms with Crippen LogP contribution in [0, 0.1) is 0 Å². The fraction of sp³-hybridized carbons (Fsp3) is 0.438. The summed E-state index contributed by atoms with van der Waals surface area (Å²) in [5.41, 5.74) is 2.93. The minimum absolute atomic E-state index is 0.0203. The molecule has 2 amide bonds. The van der Waals surface area contributed by atoms with Crippen LogP contribution in [0.5, 0.6) is 17.2 Å². The smallest absolute Gasteiger partial charge is 0.249 e. The number of methoxy groups -OCH3 is 3. The van der Waals surface area contributed by atoms with Crippen LogP contribution >= 0.6 is 0 Å². The van der Waals surface area contributed by atoms with Crippen LogP contribution in [0.15, 0.2) is 17.2 Å². The zero-order valence-corrected chi connectivity index (χ0v) is 14.5. The molecule has 24 heavy (non-hydrogen) atoms. The second-order valence-corrected chi connectivity index (χ2v) is 5.15. The van der Waals surface area contributed by atoms with E-state index in [2.05, 4.69) is 15.8 Å². The van der Waals surface area contributed by atoms with Crippen molar-refractivity contribution < 1.29 is 23.8 Å². The van der Waals surface area contributed by atoms with Crippen LogP contribution in [-0.4, -0.2) is 45.4 Å². The van der Waals surface area contributed by atoms with E-state index in [9.17, 15) is 9.59 Å². The molecule has 1 aromatic rings. The summed E-state index contributed by atoms with van der Waals surface area (Å²) in [5.74, 6) is 0.552. The molecule has 0 radical (unpaired) electrons. The normalized spacial score (nSPS) is 10.6. The van der Waals surface area contributed by atoms with Gasteiger partial charge >= 0.3 is 0 Å². The average Bonchev–Trinajstić information content (AvgIpc) is 2.52. The molecule has 0 saturated carbocycles. The van der Waals surface area contributed by atoms with Gasteiger partial charge in [0.2, 0.25) is 17.6 Å². The third kappa shape index (κ3) is 5.79. The Hall–Kier alpha value is -2.77. The number of nitrogens with one attached hydrogen (secondary N) is 2. The van der Waals surface area contributed by atoms with E-state index in [1.807, 2.05) is 13.8 Å². The zero-order valence-electron chi connectivity index (χ0n) is 14.5. The van der Waals surface area contributed by atoms with Crippen molar-refractivity contribution >= 4 is 18.0 Å². The Bertz CT molecular complexity index is 589. The highest BCUT2D eigenvalue weighted by Gasteiger charge is 2.12. The SMILES string of the molecule is COc1cc(C=NNC(=O)CC(=O)NC(C)C)cc(OC)c1OC. The van der Waals surface area contributed by atoms with Crippen LogP contribution in [-0.2, 0) is 9.59 Å². The van der Waals surface area contributed by atoms with Gasteiger partial charge in [0.1, 0.15) is 6.42 Å². The van der Waals surface area contributed by atoms with Gasteiger partial charge in [0.05, 0.1) is 27.5 Å². The molecule has 0 fully saturated rings. The molecule has 0 aliphatic carbocycles. The summed E-state index contributed by atoms with van der Waals surface area (Å²) in [4.78, 5) is 23.1. The van der Waals surface area contributed by atoms with Gasteiger partial charge in [-0.25, -0.2) is 5.43 Å². The van der Waals surface area contributed by atoms with Gasteiger partial charge in [0, 0.05) is 11.6 Å². The average molecular weight is 337 g/mol. The van der Waals surface area contributed by atoms with E-state index in [0.29, 0.717) is 22.8 Å². The monoisotopic (exact) mass is 337 g/mol. The Balaban J connectivity index is 2.73. The van der Waals surface area contributed by atoms with Crippen LogP contribution in [0.1, 0.15) is 25.8 Å². The van der Waals surface area contributed by atoms with Crippen LogP contribution in [0.2, 0.25) is 0 Å². The van der Waals surface area contributed by atoms with Crippen LogP contribution in [0.3, 0.4) is 0 Å². The number of ether oxygens (including phenoxy) is 3. The molecule has 0 aromatic heterocycles. The first-order chi connectivity index (χ1) is 11.4. The molecule has 0 spiro atoms. The summed E-state index contributed by atoms with van der Waals surface area (Å²) < 4.78 is 15.7. The van der Waals surface area contributed by atoms with Crippen molar-refractivity contribution in [3.63, 3.8) is 0 Å². The van der Waals surface area contributed by atoms with E-state index in [4.69, 9.17) is 14.2 Å². The first-order valence-electron chi connectivity index (χ1n) is 7.32. The fourth-order valence-corrected chi connectivity index (χ4v) is 1.91. The van der Waals surface area contributed by atoms with Crippen molar-refractivity contribution in [2.45, 2.75) is 26.3 Å². The molecule has 0 bridgehead atoms. The van der Waals surface area contributed by atoms with E-state index in [0.717, 1.165) is 0 Å². The highest BCUT2D eigenvalue weighted by atomic mass is 16.5. The largest absolute Gasteiger partial charge is 0.493 e. The lowest BCUT2D eigenvalue weighted by Crippen LogP contribution is -2.34. The first kappa shape index (κ1) is 19.3. The predicted molar refractivity (Wildman–Crippen MR) is 89.7 cm³/mol. The molecule has 1 aromatic carbocycles. The zero-order chi connectivity index (χ0) is 18.1. The quantitative estimate of drug-likeness (QED) is 0.420. The minimum atomic E-state index is -0.503. The van der Waals surface area contributed by atoms with Gasteiger partial charge in [-0.1, -0.05) is 0 Å². The number of benzene rings is 1. The summed E-state index contributed by atoms with van der Waals surface area (Å²) in [7, 11) is 4.53. The number of hydrogen-bond acceptors (Lipinski definition) is 6. The summed E-state index contributed by atoms with van der Waals surface area (Å²) in [6.07, 6.45) is 1.13. The van der Waals surface area contributed by atoms with Crippen molar-refractivity contribution in [1.82, 2.24) is 10.7 Å². The molecule has 0 aliphatic heterocycles. The maximum Gasteiger partial charge on any atom is 0.249 e. The van der Waals surface area contributed by atoms with E-state index in [1.54, 1.807) is 12.1 Å². The second-order valence-electron chi connectivity index (χ2n) is 5.15. The molecular formula is C16H23N3O5. The molecule has 0 heterocycles. The van der Waals surface area contributed by atoms with Gasteiger partial charge in [-0.15, -0.1) is 0 Å². The number of amides is 2. The van der Waals surface area contributed by atoms with E-state index in [1.165, 1.54) is 27.5 Å². The van der Waals surface area contributed by atoms with Gasteiger partial charge in [0.15, 0.2) is 11.5 Å². The fourth-order valence-electron chi connectivity index (χ4n) is 1.91. The summed E-state index contributed by atoms with van der Waals surface area (Å²) >= 11 is 0. The van der Waals surface area contributed by atoms with E-state index in [-0.39, 0.29) is 18.4 Å². The molecule has 8 nitrogen and oxygen atoms in total. The van der Waals surface area contributed by atoms with Crippen molar-refractivity contribution in [2.24, 2.45) is 5.10 Å². The van der Waals surface area contributed by atoms with Gasteiger partial charge in [-0.2, -0.15) is 5.10 Å². The summed E-state index contributed by atoms with van der Waals surface area (Å²) in [6.45, 7) is 3.64. The van der Waals surface area contributed by atoms with Gasteiger partial charge in [-0.3, -0.25) is 9.59 Å². The highest BCUT2D eigenvalue weighted by Crippen LogP contribution is 2.37.